The van der Waals surface area contributed by atoms with E-state index in [4.69, 9.17) is 10.5 Å². The zero-order valence-electron chi connectivity index (χ0n) is 8.99. The Morgan fingerprint density at radius 2 is 2.00 bits per heavy atom. The molecule has 0 amide bonds. The van der Waals surface area contributed by atoms with Crippen molar-refractivity contribution in [1.29, 1.82) is 0 Å². The van der Waals surface area contributed by atoms with Crippen molar-refractivity contribution in [2.45, 2.75) is 33.3 Å². The van der Waals surface area contributed by atoms with Crippen LogP contribution in [0.2, 0.25) is 0 Å². The average Bonchev–Trinajstić information content (AvgIpc) is 2.05. The fourth-order valence-corrected chi connectivity index (χ4v) is 1.35. The standard InChI is InChI=1S/C10H23NO2/c1-4-5-13-7-10(12)9(6-11)8(2)3/h8-10,12H,4-7,11H2,1-3H3. The molecule has 0 aromatic carbocycles. The van der Waals surface area contributed by atoms with Crippen LogP contribution < -0.4 is 5.73 Å². The Kier molecular flexibility index (Phi) is 7.23. The van der Waals surface area contributed by atoms with Crippen molar-refractivity contribution in [3.63, 3.8) is 0 Å². The highest BCUT2D eigenvalue weighted by atomic mass is 16.5. The highest BCUT2D eigenvalue weighted by Gasteiger charge is 2.20. The van der Waals surface area contributed by atoms with Gasteiger partial charge in [0, 0.05) is 12.5 Å². The highest BCUT2D eigenvalue weighted by molar-refractivity contribution is 4.72. The third-order valence-electron chi connectivity index (χ3n) is 2.26. The summed E-state index contributed by atoms with van der Waals surface area (Å²) in [6, 6.07) is 0. The van der Waals surface area contributed by atoms with E-state index >= 15 is 0 Å². The van der Waals surface area contributed by atoms with Crippen molar-refractivity contribution in [2.75, 3.05) is 19.8 Å². The molecule has 0 spiro atoms. The molecule has 0 rings (SSSR count). The van der Waals surface area contributed by atoms with Crippen LogP contribution in [0.15, 0.2) is 0 Å². The summed E-state index contributed by atoms with van der Waals surface area (Å²) in [5.41, 5.74) is 5.56. The maximum absolute atomic E-state index is 9.70. The van der Waals surface area contributed by atoms with Gasteiger partial charge >= 0.3 is 0 Å². The number of nitrogens with two attached hydrogens (primary N) is 1. The van der Waals surface area contributed by atoms with E-state index in [0.717, 1.165) is 6.42 Å². The molecule has 0 bridgehead atoms. The van der Waals surface area contributed by atoms with Crippen molar-refractivity contribution in [3.8, 4) is 0 Å². The molecule has 3 nitrogen and oxygen atoms in total. The third-order valence-corrected chi connectivity index (χ3v) is 2.26. The molecule has 3 N–H and O–H groups in total. The molecule has 0 aromatic rings. The summed E-state index contributed by atoms with van der Waals surface area (Å²) >= 11 is 0. The molecule has 0 saturated heterocycles. The largest absolute Gasteiger partial charge is 0.390 e. The van der Waals surface area contributed by atoms with Gasteiger partial charge in [-0.2, -0.15) is 0 Å². The lowest BCUT2D eigenvalue weighted by Crippen LogP contribution is -2.35. The van der Waals surface area contributed by atoms with Gasteiger partial charge in [0.15, 0.2) is 0 Å². The maximum Gasteiger partial charge on any atom is 0.0816 e. The van der Waals surface area contributed by atoms with E-state index in [1.54, 1.807) is 0 Å². The van der Waals surface area contributed by atoms with Gasteiger partial charge in [-0.15, -0.1) is 0 Å². The molecule has 0 heterocycles. The number of aliphatic hydroxyl groups excluding tert-OH is 1. The normalized spacial score (nSPS) is 16.2. The van der Waals surface area contributed by atoms with Crippen LogP contribution in [0.3, 0.4) is 0 Å². The van der Waals surface area contributed by atoms with Crippen LogP contribution in [0, 0.1) is 11.8 Å². The number of rotatable bonds is 7. The van der Waals surface area contributed by atoms with Crippen molar-refractivity contribution in [2.24, 2.45) is 17.6 Å². The third kappa shape index (κ3) is 5.24. The molecule has 80 valence electrons. The van der Waals surface area contributed by atoms with Gasteiger partial charge in [-0.05, 0) is 18.9 Å². The lowest BCUT2D eigenvalue weighted by Gasteiger charge is -2.24. The van der Waals surface area contributed by atoms with Gasteiger partial charge in [-0.1, -0.05) is 20.8 Å². The Morgan fingerprint density at radius 1 is 1.38 bits per heavy atom. The second kappa shape index (κ2) is 7.30. The van der Waals surface area contributed by atoms with Gasteiger partial charge in [-0.25, -0.2) is 0 Å². The molecular formula is C10H23NO2. The first kappa shape index (κ1) is 12.9. The molecule has 0 radical (unpaired) electrons. The maximum atomic E-state index is 9.70. The van der Waals surface area contributed by atoms with E-state index in [0.29, 0.717) is 25.7 Å². The Labute approximate surface area is 81.3 Å². The molecule has 13 heavy (non-hydrogen) atoms. The van der Waals surface area contributed by atoms with Gasteiger partial charge < -0.3 is 15.6 Å². The predicted octanol–water partition coefficient (Wildman–Crippen LogP) is 1.00. The minimum Gasteiger partial charge on any atom is -0.390 e. The summed E-state index contributed by atoms with van der Waals surface area (Å²) in [5, 5.41) is 9.70. The fraction of sp³-hybridized carbons (Fsp3) is 1.00. The Hall–Kier alpha value is -0.120. The summed E-state index contributed by atoms with van der Waals surface area (Å²) in [6.07, 6.45) is 0.568. The van der Waals surface area contributed by atoms with E-state index in [1.807, 2.05) is 0 Å². The van der Waals surface area contributed by atoms with E-state index in [2.05, 4.69) is 20.8 Å². The smallest absolute Gasteiger partial charge is 0.0816 e. The van der Waals surface area contributed by atoms with Gasteiger partial charge in [0.05, 0.1) is 12.7 Å². The second-order valence-electron chi connectivity index (χ2n) is 3.79. The van der Waals surface area contributed by atoms with Crippen LogP contribution in [0.4, 0.5) is 0 Å². The van der Waals surface area contributed by atoms with Crippen LogP contribution in [0.5, 0.6) is 0 Å². The van der Waals surface area contributed by atoms with Gasteiger partial charge in [-0.3, -0.25) is 0 Å². The lowest BCUT2D eigenvalue weighted by molar-refractivity contribution is -0.00465. The van der Waals surface area contributed by atoms with Crippen LogP contribution in [0.1, 0.15) is 27.2 Å². The SMILES string of the molecule is CCCOCC(O)C(CN)C(C)C. The number of aliphatic hydroxyl groups is 1. The quantitative estimate of drug-likeness (QED) is 0.588. The highest BCUT2D eigenvalue weighted by Crippen LogP contribution is 2.14. The first-order valence-electron chi connectivity index (χ1n) is 5.09. The van der Waals surface area contributed by atoms with E-state index in [1.165, 1.54) is 0 Å². The molecule has 0 aromatic heterocycles. The molecular weight excluding hydrogens is 166 g/mol. The first-order valence-corrected chi connectivity index (χ1v) is 5.09. The van der Waals surface area contributed by atoms with E-state index in [-0.39, 0.29) is 5.92 Å². The molecule has 3 heteroatoms. The zero-order valence-corrected chi connectivity index (χ0v) is 8.99. The summed E-state index contributed by atoms with van der Waals surface area (Å²) in [4.78, 5) is 0. The lowest BCUT2D eigenvalue weighted by atomic mass is 9.91. The van der Waals surface area contributed by atoms with Crippen molar-refractivity contribution in [1.82, 2.24) is 0 Å². The topological polar surface area (TPSA) is 55.5 Å². The molecule has 0 saturated carbocycles. The van der Waals surface area contributed by atoms with Crippen molar-refractivity contribution < 1.29 is 9.84 Å². The Morgan fingerprint density at radius 3 is 2.38 bits per heavy atom. The number of ether oxygens (including phenoxy) is 1. The number of hydrogen-bond acceptors (Lipinski definition) is 3. The molecule has 2 unspecified atom stereocenters. The first-order chi connectivity index (χ1) is 6.13. The molecule has 0 aliphatic rings. The zero-order chi connectivity index (χ0) is 10.3. The van der Waals surface area contributed by atoms with Crippen LogP contribution >= 0.6 is 0 Å². The summed E-state index contributed by atoms with van der Waals surface area (Å²) in [6.45, 7) is 7.84. The Bertz CT molecular complexity index is 117. The molecule has 0 aliphatic heterocycles. The molecule has 0 aliphatic carbocycles. The molecule has 0 fully saturated rings. The second-order valence-corrected chi connectivity index (χ2v) is 3.79. The van der Waals surface area contributed by atoms with E-state index in [9.17, 15) is 5.11 Å². The van der Waals surface area contributed by atoms with Crippen LogP contribution in [-0.4, -0.2) is 31.0 Å². The van der Waals surface area contributed by atoms with Crippen LogP contribution in [0.25, 0.3) is 0 Å². The summed E-state index contributed by atoms with van der Waals surface area (Å²) in [7, 11) is 0. The van der Waals surface area contributed by atoms with E-state index < -0.39 is 6.10 Å². The number of hydrogen-bond donors (Lipinski definition) is 2. The fourth-order valence-electron chi connectivity index (χ4n) is 1.35. The minimum absolute atomic E-state index is 0.150. The Balaban J connectivity index is 3.70. The summed E-state index contributed by atoms with van der Waals surface area (Å²) in [5.74, 6) is 0.557. The monoisotopic (exact) mass is 189 g/mol. The molecule has 2 atom stereocenters. The average molecular weight is 189 g/mol. The van der Waals surface area contributed by atoms with Gasteiger partial charge in [0.2, 0.25) is 0 Å². The van der Waals surface area contributed by atoms with Crippen LogP contribution in [-0.2, 0) is 4.74 Å². The van der Waals surface area contributed by atoms with Crippen molar-refractivity contribution in [3.05, 3.63) is 0 Å². The minimum atomic E-state index is -0.420. The van der Waals surface area contributed by atoms with Gasteiger partial charge in [0.25, 0.3) is 0 Å². The predicted molar refractivity (Wildman–Crippen MR) is 54.5 cm³/mol. The van der Waals surface area contributed by atoms with Gasteiger partial charge in [0.1, 0.15) is 0 Å². The van der Waals surface area contributed by atoms with Crippen molar-refractivity contribution >= 4 is 0 Å². The summed E-state index contributed by atoms with van der Waals surface area (Å²) < 4.78 is 5.27.